The largest absolute Gasteiger partial charge is 0.356 e. The summed E-state index contributed by atoms with van der Waals surface area (Å²) in [6.07, 6.45) is 14.8. The first-order valence-corrected chi connectivity index (χ1v) is 9.79. The molecule has 4 heteroatoms. The molecule has 0 aromatic heterocycles. The molecule has 24 heavy (non-hydrogen) atoms. The van der Waals surface area contributed by atoms with E-state index in [4.69, 9.17) is 0 Å². The summed E-state index contributed by atoms with van der Waals surface area (Å²) in [6.45, 7) is 5.16. The third-order valence-corrected chi connectivity index (χ3v) is 4.48. The predicted molar refractivity (Wildman–Crippen MR) is 99.7 cm³/mol. The van der Waals surface area contributed by atoms with Crippen molar-refractivity contribution >= 4 is 11.8 Å². The van der Waals surface area contributed by atoms with Crippen LogP contribution in [0.5, 0.6) is 0 Å². The lowest BCUT2D eigenvalue weighted by atomic mass is 10.0. The van der Waals surface area contributed by atoms with E-state index in [2.05, 4.69) is 36.6 Å². The zero-order chi connectivity index (χ0) is 17.6. The van der Waals surface area contributed by atoms with Crippen molar-refractivity contribution in [2.24, 2.45) is 5.92 Å². The number of nitrogens with one attached hydrogen (secondary N) is 2. The third-order valence-electron chi connectivity index (χ3n) is 4.48. The van der Waals surface area contributed by atoms with Crippen LogP contribution >= 0.6 is 0 Å². The van der Waals surface area contributed by atoms with Crippen LogP contribution in [0.25, 0.3) is 0 Å². The molecule has 0 saturated carbocycles. The van der Waals surface area contributed by atoms with Gasteiger partial charge in [0.1, 0.15) is 0 Å². The number of carbonyl (C=O) groups excluding carboxylic acids is 2. The minimum absolute atomic E-state index is 0.117. The number of carbonyl (C=O) groups is 2. The van der Waals surface area contributed by atoms with Gasteiger partial charge < -0.3 is 10.6 Å². The van der Waals surface area contributed by atoms with Crippen molar-refractivity contribution < 1.29 is 9.59 Å². The van der Waals surface area contributed by atoms with Crippen LogP contribution in [0.1, 0.15) is 84.5 Å². The van der Waals surface area contributed by atoms with E-state index in [0.29, 0.717) is 24.8 Å². The molecule has 0 spiro atoms. The van der Waals surface area contributed by atoms with Gasteiger partial charge in [0, 0.05) is 25.4 Å². The van der Waals surface area contributed by atoms with Crippen LogP contribution in [0.3, 0.4) is 0 Å². The second-order valence-electron chi connectivity index (χ2n) is 7.34. The second kappa shape index (κ2) is 13.0. The molecular weight excluding hydrogens is 300 g/mol. The number of unbranched alkanes of at least 4 members (excludes halogenated alkanes) is 1. The summed E-state index contributed by atoms with van der Waals surface area (Å²) >= 11 is 0. The Morgan fingerprint density at radius 2 is 1.71 bits per heavy atom. The summed E-state index contributed by atoms with van der Waals surface area (Å²) in [5.74, 6) is 0.946. The van der Waals surface area contributed by atoms with Crippen LogP contribution in [0.15, 0.2) is 12.2 Å². The third kappa shape index (κ3) is 11.3. The average molecular weight is 337 g/mol. The summed E-state index contributed by atoms with van der Waals surface area (Å²) in [6, 6.07) is 0.326. The smallest absolute Gasteiger partial charge is 0.220 e. The molecule has 2 N–H and O–H groups in total. The van der Waals surface area contributed by atoms with E-state index in [0.717, 1.165) is 64.3 Å². The van der Waals surface area contributed by atoms with Crippen molar-refractivity contribution in [1.29, 1.82) is 0 Å². The van der Waals surface area contributed by atoms with Crippen molar-refractivity contribution in [3.8, 4) is 0 Å². The van der Waals surface area contributed by atoms with E-state index in [9.17, 15) is 9.59 Å². The molecule has 0 heterocycles. The number of hydrogen-bond acceptors (Lipinski definition) is 2. The number of hydrogen-bond donors (Lipinski definition) is 2. The summed E-state index contributed by atoms with van der Waals surface area (Å²) in [5, 5.41) is 6.11. The first-order valence-electron chi connectivity index (χ1n) is 9.79. The Kier molecular flexibility index (Phi) is 11.2. The monoisotopic (exact) mass is 336 g/mol. The van der Waals surface area contributed by atoms with E-state index in [1.807, 2.05) is 0 Å². The van der Waals surface area contributed by atoms with Crippen LogP contribution < -0.4 is 10.6 Å². The number of amides is 2. The molecule has 0 saturated heterocycles. The first-order chi connectivity index (χ1) is 11.6. The molecule has 2 amide bonds. The maximum Gasteiger partial charge on any atom is 0.220 e. The summed E-state index contributed by atoms with van der Waals surface area (Å²) < 4.78 is 0. The summed E-state index contributed by atoms with van der Waals surface area (Å²) in [5.41, 5.74) is 0. The van der Waals surface area contributed by atoms with Gasteiger partial charge in [-0.3, -0.25) is 9.59 Å². The summed E-state index contributed by atoms with van der Waals surface area (Å²) in [4.78, 5) is 23.7. The van der Waals surface area contributed by atoms with Crippen LogP contribution in [-0.4, -0.2) is 24.4 Å². The molecule has 1 atom stereocenters. The van der Waals surface area contributed by atoms with E-state index in [1.165, 1.54) is 0 Å². The fourth-order valence-electron chi connectivity index (χ4n) is 3.00. The molecule has 0 fully saturated rings. The lowest BCUT2D eigenvalue weighted by Gasteiger charge is -2.19. The SMILES string of the molecule is CC(C)CCCNC(=O)CCCCC(=O)NC1CC/C=C/CCC1. The molecule has 138 valence electrons. The van der Waals surface area contributed by atoms with Gasteiger partial charge in [-0.2, -0.15) is 0 Å². The molecule has 0 radical (unpaired) electrons. The van der Waals surface area contributed by atoms with E-state index < -0.39 is 0 Å². The van der Waals surface area contributed by atoms with E-state index in [-0.39, 0.29) is 11.8 Å². The van der Waals surface area contributed by atoms with Crippen molar-refractivity contribution in [3.63, 3.8) is 0 Å². The van der Waals surface area contributed by atoms with Crippen LogP contribution in [0, 0.1) is 5.92 Å². The molecule has 0 bridgehead atoms. The minimum atomic E-state index is 0.117. The topological polar surface area (TPSA) is 58.2 Å². The highest BCUT2D eigenvalue weighted by molar-refractivity contribution is 5.77. The zero-order valence-corrected chi connectivity index (χ0v) is 15.6. The van der Waals surface area contributed by atoms with Crippen molar-refractivity contribution in [2.75, 3.05) is 6.54 Å². The van der Waals surface area contributed by atoms with Crippen molar-refractivity contribution in [2.45, 2.75) is 90.5 Å². The summed E-state index contributed by atoms with van der Waals surface area (Å²) in [7, 11) is 0. The van der Waals surface area contributed by atoms with Crippen LogP contribution in [0.4, 0.5) is 0 Å². The molecule has 4 nitrogen and oxygen atoms in total. The van der Waals surface area contributed by atoms with Gasteiger partial charge in [-0.25, -0.2) is 0 Å². The van der Waals surface area contributed by atoms with Gasteiger partial charge in [-0.05, 0) is 63.7 Å². The molecule has 1 aliphatic carbocycles. The molecule has 1 rings (SSSR count). The van der Waals surface area contributed by atoms with Gasteiger partial charge in [-0.15, -0.1) is 0 Å². The fourth-order valence-corrected chi connectivity index (χ4v) is 3.00. The lowest BCUT2D eigenvalue weighted by molar-refractivity contribution is -0.123. The van der Waals surface area contributed by atoms with Crippen LogP contribution in [0.2, 0.25) is 0 Å². The fraction of sp³-hybridized carbons (Fsp3) is 0.800. The van der Waals surface area contributed by atoms with Crippen LogP contribution in [-0.2, 0) is 9.59 Å². The first kappa shape index (κ1) is 20.7. The van der Waals surface area contributed by atoms with Gasteiger partial charge >= 0.3 is 0 Å². The maximum atomic E-state index is 12.0. The van der Waals surface area contributed by atoms with Crippen molar-refractivity contribution in [1.82, 2.24) is 10.6 Å². The Labute approximate surface area is 147 Å². The molecule has 1 aliphatic rings. The number of allylic oxidation sites excluding steroid dienone is 2. The minimum Gasteiger partial charge on any atom is -0.356 e. The number of rotatable bonds is 10. The molecular formula is C20H36N2O2. The Morgan fingerprint density at radius 3 is 2.46 bits per heavy atom. The molecule has 1 unspecified atom stereocenters. The van der Waals surface area contributed by atoms with Gasteiger partial charge in [0.05, 0.1) is 0 Å². The highest BCUT2D eigenvalue weighted by Crippen LogP contribution is 2.12. The van der Waals surface area contributed by atoms with Gasteiger partial charge in [0.25, 0.3) is 0 Å². The Bertz CT molecular complexity index is 391. The highest BCUT2D eigenvalue weighted by atomic mass is 16.2. The van der Waals surface area contributed by atoms with E-state index >= 15 is 0 Å². The predicted octanol–water partition coefficient (Wildman–Crippen LogP) is 4.10. The van der Waals surface area contributed by atoms with Gasteiger partial charge in [-0.1, -0.05) is 26.0 Å². The van der Waals surface area contributed by atoms with Gasteiger partial charge in [0.15, 0.2) is 0 Å². The van der Waals surface area contributed by atoms with Crippen molar-refractivity contribution in [3.05, 3.63) is 12.2 Å². The lowest BCUT2D eigenvalue weighted by Crippen LogP contribution is -2.34. The average Bonchev–Trinajstić information content (AvgIpc) is 2.50. The highest BCUT2D eigenvalue weighted by Gasteiger charge is 2.12. The standard InChI is InChI=1S/C20H36N2O2/c1-17(2)11-10-16-21-19(23)14-8-9-15-20(24)22-18-12-6-4-3-5-7-13-18/h3-4,17-18H,5-16H2,1-2H3,(H,21,23)(H,22,24)/b4-3+. The van der Waals surface area contributed by atoms with Gasteiger partial charge in [0.2, 0.25) is 11.8 Å². The quantitative estimate of drug-likeness (QED) is 0.466. The Balaban J connectivity index is 2.02. The Morgan fingerprint density at radius 1 is 1.00 bits per heavy atom. The zero-order valence-electron chi connectivity index (χ0n) is 15.6. The van der Waals surface area contributed by atoms with E-state index in [1.54, 1.807) is 0 Å². The second-order valence-corrected chi connectivity index (χ2v) is 7.34. The normalized spacial score (nSPS) is 19.4. The molecule has 0 aromatic carbocycles. The maximum absolute atomic E-state index is 12.0. The molecule has 0 aliphatic heterocycles. The molecule has 0 aromatic rings. The Hall–Kier alpha value is -1.32.